The monoisotopic (exact) mass is 329 g/mol. The minimum atomic E-state index is 0.547. The van der Waals surface area contributed by atoms with E-state index in [0.29, 0.717) is 16.6 Å². The fourth-order valence-electron chi connectivity index (χ4n) is 2.17. The molecule has 1 heterocycles. The van der Waals surface area contributed by atoms with Gasteiger partial charge in [0.1, 0.15) is 12.7 Å². The highest BCUT2D eigenvalue weighted by Gasteiger charge is 2.11. The van der Waals surface area contributed by atoms with Crippen LogP contribution < -0.4 is 0 Å². The molecule has 0 aliphatic rings. The summed E-state index contributed by atoms with van der Waals surface area (Å²) in [5, 5.41) is 5.53. The van der Waals surface area contributed by atoms with Gasteiger partial charge < -0.3 is 0 Å². The predicted octanol–water partition coefficient (Wildman–Crippen LogP) is 4.74. The van der Waals surface area contributed by atoms with Crippen molar-refractivity contribution in [1.29, 1.82) is 0 Å². The lowest BCUT2D eigenvalue weighted by atomic mass is 10.0. The Hall–Kier alpha value is -2.10. The van der Waals surface area contributed by atoms with Gasteiger partial charge in [-0.2, -0.15) is 5.10 Å². The summed E-state index contributed by atoms with van der Waals surface area (Å²) in [6.45, 7) is 0.547. The zero-order valence-corrected chi connectivity index (χ0v) is 13.2. The highest BCUT2D eigenvalue weighted by molar-refractivity contribution is 6.52. The van der Waals surface area contributed by atoms with Crippen LogP contribution in [0.15, 0.2) is 67.3 Å². The van der Waals surface area contributed by atoms with E-state index in [1.54, 1.807) is 11.0 Å². The van der Waals surface area contributed by atoms with E-state index >= 15 is 0 Å². The molecule has 2 aromatic carbocycles. The van der Waals surface area contributed by atoms with Crippen molar-refractivity contribution in [3.8, 4) is 0 Å². The van der Waals surface area contributed by atoms with Crippen LogP contribution in [-0.2, 0) is 6.54 Å². The number of benzene rings is 2. The molecule has 0 unspecified atom stereocenters. The molecule has 3 aromatic rings. The maximum absolute atomic E-state index is 6.65. The van der Waals surface area contributed by atoms with Gasteiger partial charge in [0, 0.05) is 10.6 Å². The average Bonchev–Trinajstić information content (AvgIpc) is 3.07. The molecular weight excluding hydrogens is 317 g/mol. The second kappa shape index (κ2) is 6.77. The Morgan fingerprint density at radius 2 is 1.68 bits per heavy atom. The standard InChI is InChI=1S/C17H13Cl2N3/c18-15-8-6-14(7-9-15)17(19)16(10-22-12-20-11-21-22)13-4-2-1-3-5-13/h1-9,11-12H,10H2/b17-16+. The molecule has 3 rings (SSSR count). The quantitative estimate of drug-likeness (QED) is 0.647. The highest BCUT2D eigenvalue weighted by Crippen LogP contribution is 2.31. The third-order valence-corrected chi connectivity index (χ3v) is 3.97. The Balaban J connectivity index is 2.07. The lowest BCUT2D eigenvalue weighted by Crippen LogP contribution is -2.02. The van der Waals surface area contributed by atoms with Crippen molar-refractivity contribution in [3.63, 3.8) is 0 Å². The maximum atomic E-state index is 6.65. The molecule has 0 amide bonds. The minimum Gasteiger partial charge on any atom is -0.248 e. The van der Waals surface area contributed by atoms with Crippen LogP contribution in [0.25, 0.3) is 10.6 Å². The molecule has 0 aliphatic carbocycles. The van der Waals surface area contributed by atoms with Gasteiger partial charge in [0.2, 0.25) is 0 Å². The first kappa shape index (κ1) is 14.8. The number of allylic oxidation sites excluding steroid dienone is 1. The van der Waals surface area contributed by atoms with Crippen LogP contribution in [-0.4, -0.2) is 14.8 Å². The Morgan fingerprint density at radius 1 is 0.955 bits per heavy atom. The van der Waals surface area contributed by atoms with E-state index in [4.69, 9.17) is 23.2 Å². The van der Waals surface area contributed by atoms with Crippen LogP contribution in [0.5, 0.6) is 0 Å². The molecule has 0 spiro atoms. The summed E-state index contributed by atoms with van der Waals surface area (Å²) in [5.41, 5.74) is 2.96. The van der Waals surface area contributed by atoms with Crippen molar-refractivity contribution in [2.75, 3.05) is 0 Å². The summed E-state index contributed by atoms with van der Waals surface area (Å²) >= 11 is 12.6. The second-order valence-corrected chi connectivity index (χ2v) is 5.57. The summed E-state index contributed by atoms with van der Waals surface area (Å²) in [7, 11) is 0. The van der Waals surface area contributed by atoms with Gasteiger partial charge in [-0.05, 0) is 23.3 Å². The third-order valence-electron chi connectivity index (χ3n) is 3.27. The molecule has 0 radical (unpaired) electrons. The molecule has 110 valence electrons. The van der Waals surface area contributed by atoms with Crippen molar-refractivity contribution >= 4 is 33.8 Å². The SMILES string of the molecule is Cl/C(=C(\Cn1cncn1)c1ccccc1)c1ccc(Cl)cc1. The maximum Gasteiger partial charge on any atom is 0.137 e. The number of halogens is 2. The fourth-order valence-corrected chi connectivity index (χ4v) is 2.59. The summed E-state index contributed by atoms with van der Waals surface area (Å²) in [4.78, 5) is 3.98. The van der Waals surface area contributed by atoms with Crippen LogP contribution in [0, 0.1) is 0 Å². The summed E-state index contributed by atoms with van der Waals surface area (Å²) in [6.07, 6.45) is 3.19. The minimum absolute atomic E-state index is 0.547. The first-order valence-corrected chi connectivity index (χ1v) is 7.52. The molecule has 1 aromatic heterocycles. The van der Waals surface area contributed by atoms with Gasteiger partial charge in [-0.15, -0.1) is 0 Å². The summed E-state index contributed by atoms with van der Waals surface area (Å²) in [6, 6.07) is 17.5. The van der Waals surface area contributed by atoms with Crippen LogP contribution in [0.2, 0.25) is 5.02 Å². The van der Waals surface area contributed by atoms with Crippen LogP contribution in [0.1, 0.15) is 11.1 Å². The Bertz CT molecular complexity index is 763. The topological polar surface area (TPSA) is 30.7 Å². The van der Waals surface area contributed by atoms with Gasteiger partial charge >= 0.3 is 0 Å². The molecule has 0 aliphatic heterocycles. The molecule has 22 heavy (non-hydrogen) atoms. The van der Waals surface area contributed by atoms with E-state index in [-0.39, 0.29) is 0 Å². The molecule has 0 saturated heterocycles. The predicted molar refractivity (Wildman–Crippen MR) is 90.6 cm³/mol. The number of hydrogen-bond donors (Lipinski definition) is 0. The molecule has 0 bridgehead atoms. The molecule has 0 atom stereocenters. The van der Waals surface area contributed by atoms with Gasteiger partial charge in [-0.25, -0.2) is 9.67 Å². The second-order valence-electron chi connectivity index (χ2n) is 4.76. The highest BCUT2D eigenvalue weighted by atomic mass is 35.5. The number of aromatic nitrogens is 3. The van der Waals surface area contributed by atoms with Gasteiger partial charge in [-0.1, -0.05) is 65.7 Å². The van der Waals surface area contributed by atoms with Crippen LogP contribution in [0.4, 0.5) is 0 Å². The zero-order chi connectivity index (χ0) is 15.4. The molecule has 0 fully saturated rings. The van der Waals surface area contributed by atoms with Crippen molar-refractivity contribution in [2.45, 2.75) is 6.54 Å². The van der Waals surface area contributed by atoms with Crippen molar-refractivity contribution in [3.05, 3.63) is 83.4 Å². The van der Waals surface area contributed by atoms with Crippen molar-refractivity contribution in [1.82, 2.24) is 14.8 Å². The van der Waals surface area contributed by atoms with E-state index in [2.05, 4.69) is 10.1 Å². The van der Waals surface area contributed by atoms with Gasteiger partial charge in [0.25, 0.3) is 0 Å². The van der Waals surface area contributed by atoms with Gasteiger partial charge in [-0.3, -0.25) is 0 Å². The molecule has 0 N–H and O–H groups in total. The van der Waals surface area contributed by atoms with E-state index in [1.165, 1.54) is 6.33 Å². The smallest absolute Gasteiger partial charge is 0.137 e. The lowest BCUT2D eigenvalue weighted by molar-refractivity contribution is 0.711. The van der Waals surface area contributed by atoms with Gasteiger partial charge in [0.15, 0.2) is 0 Å². The zero-order valence-electron chi connectivity index (χ0n) is 11.7. The van der Waals surface area contributed by atoms with Crippen LogP contribution >= 0.6 is 23.2 Å². The van der Waals surface area contributed by atoms with Gasteiger partial charge in [0.05, 0.1) is 11.6 Å². The van der Waals surface area contributed by atoms with Crippen LogP contribution in [0.3, 0.4) is 0 Å². The van der Waals surface area contributed by atoms with E-state index in [1.807, 2.05) is 54.6 Å². The lowest BCUT2D eigenvalue weighted by Gasteiger charge is -2.12. The van der Waals surface area contributed by atoms with E-state index in [0.717, 1.165) is 16.7 Å². The molecule has 5 heteroatoms. The number of hydrogen-bond acceptors (Lipinski definition) is 2. The summed E-state index contributed by atoms with van der Waals surface area (Å²) < 4.78 is 1.75. The van der Waals surface area contributed by atoms with E-state index in [9.17, 15) is 0 Å². The molecule has 3 nitrogen and oxygen atoms in total. The third kappa shape index (κ3) is 3.38. The first-order valence-electron chi connectivity index (χ1n) is 6.76. The number of rotatable bonds is 4. The first-order chi connectivity index (χ1) is 10.7. The Kier molecular flexibility index (Phi) is 4.56. The Morgan fingerprint density at radius 3 is 2.32 bits per heavy atom. The molecule has 0 saturated carbocycles. The average molecular weight is 330 g/mol. The fraction of sp³-hybridized carbons (Fsp3) is 0.0588. The summed E-state index contributed by atoms with van der Waals surface area (Å²) in [5.74, 6) is 0. The normalized spacial score (nSPS) is 12.1. The van der Waals surface area contributed by atoms with Crippen molar-refractivity contribution < 1.29 is 0 Å². The largest absolute Gasteiger partial charge is 0.248 e. The van der Waals surface area contributed by atoms with Crippen molar-refractivity contribution in [2.24, 2.45) is 0 Å². The number of nitrogens with zero attached hydrogens (tertiary/aromatic N) is 3. The molecular formula is C17H13Cl2N3. The Labute approximate surface area is 138 Å². The van der Waals surface area contributed by atoms with E-state index < -0.39 is 0 Å².